The Hall–Kier alpha value is -0.910. The molecule has 4 saturated carbocycles. The second kappa shape index (κ2) is 4.49. The van der Waals surface area contributed by atoms with Crippen LogP contribution in [0.2, 0.25) is 0 Å². The van der Waals surface area contributed by atoms with Gasteiger partial charge in [-0.3, -0.25) is 4.79 Å². The maximum absolute atomic E-state index is 12.5. The molecule has 0 amide bonds. The molecular weight excluding hydrogens is 320 g/mol. The third kappa shape index (κ3) is 1.49. The van der Waals surface area contributed by atoms with Crippen LogP contribution >= 0.6 is 0 Å². The fraction of sp³-hybridized carbons (Fsp3) is 0.850. The van der Waals surface area contributed by atoms with E-state index in [1.54, 1.807) is 0 Å². The Bertz CT molecular complexity index is 675. The molecule has 1 spiro atoms. The first-order valence-electron chi connectivity index (χ1n) is 9.63. The van der Waals surface area contributed by atoms with Crippen molar-refractivity contribution in [2.24, 2.45) is 39.9 Å². The molecule has 3 N–H and O–H groups in total. The highest BCUT2D eigenvalue weighted by Gasteiger charge is 2.78. The number of hydrogen-bond donors (Lipinski definition) is 3. The molecule has 0 aromatic carbocycles. The highest BCUT2D eigenvalue weighted by molar-refractivity contribution is 5.79. The van der Waals surface area contributed by atoms with Gasteiger partial charge in [-0.2, -0.15) is 0 Å². The van der Waals surface area contributed by atoms with Crippen LogP contribution in [0.15, 0.2) is 12.2 Å². The number of hydrogen-bond acceptors (Lipinski definition) is 5. The highest BCUT2D eigenvalue weighted by atomic mass is 16.6. The highest BCUT2D eigenvalue weighted by Crippen LogP contribution is 2.76. The predicted octanol–water partition coefficient (Wildman–Crippen LogP) is 1.61. The third-order valence-corrected chi connectivity index (χ3v) is 9.23. The second-order valence-corrected chi connectivity index (χ2v) is 9.77. The van der Waals surface area contributed by atoms with Crippen LogP contribution in [0.1, 0.15) is 46.0 Å². The smallest absolute Gasteiger partial charge is 0.314 e. The van der Waals surface area contributed by atoms with Crippen LogP contribution in [0.5, 0.6) is 0 Å². The van der Waals surface area contributed by atoms with Gasteiger partial charge in [0.2, 0.25) is 6.29 Å². The Labute approximate surface area is 148 Å². The minimum Gasteiger partial charge on any atom is -0.435 e. The molecule has 10 atom stereocenters. The van der Waals surface area contributed by atoms with Crippen LogP contribution in [-0.2, 0) is 9.53 Å². The Balaban J connectivity index is 1.69. The zero-order valence-corrected chi connectivity index (χ0v) is 14.9. The van der Waals surface area contributed by atoms with Gasteiger partial charge in [0, 0.05) is 11.3 Å². The molecule has 1 heterocycles. The average Bonchev–Trinajstić information content (AvgIpc) is 3.00. The largest absolute Gasteiger partial charge is 0.435 e. The first-order valence-corrected chi connectivity index (χ1v) is 9.63. The van der Waals surface area contributed by atoms with E-state index in [2.05, 4.69) is 13.5 Å². The van der Waals surface area contributed by atoms with Gasteiger partial charge in [0.1, 0.15) is 0 Å². The summed E-state index contributed by atoms with van der Waals surface area (Å²) in [6, 6.07) is 0. The summed E-state index contributed by atoms with van der Waals surface area (Å²) in [5.74, 6) is -0.325. The number of aliphatic hydroxyl groups is 3. The zero-order valence-electron chi connectivity index (χ0n) is 14.9. The topological polar surface area (TPSA) is 87.0 Å². The molecule has 5 fully saturated rings. The number of esters is 1. The normalized spacial score (nSPS) is 62.4. The molecular formula is C20H28O5. The molecule has 5 rings (SSSR count). The molecule has 4 aliphatic carbocycles. The van der Waals surface area contributed by atoms with Crippen molar-refractivity contribution in [3.8, 4) is 0 Å². The van der Waals surface area contributed by atoms with E-state index >= 15 is 0 Å². The monoisotopic (exact) mass is 348 g/mol. The summed E-state index contributed by atoms with van der Waals surface area (Å²) in [7, 11) is 0. The Morgan fingerprint density at radius 3 is 2.60 bits per heavy atom. The summed E-state index contributed by atoms with van der Waals surface area (Å²) in [6.45, 7) is 8.16. The number of carbonyl (C=O) groups is 1. The van der Waals surface area contributed by atoms with Gasteiger partial charge in [-0.15, -0.1) is 0 Å². The molecule has 6 unspecified atom stereocenters. The van der Waals surface area contributed by atoms with Crippen LogP contribution in [0.3, 0.4) is 0 Å². The van der Waals surface area contributed by atoms with Crippen molar-refractivity contribution >= 4 is 5.97 Å². The Morgan fingerprint density at radius 1 is 1.16 bits per heavy atom. The number of rotatable bonds is 0. The number of cyclic esters (lactones) is 1. The van der Waals surface area contributed by atoms with Crippen LogP contribution in [0.4, 0.5) is 0 Å². The number of fused-ring (bicyclic) bond motifs is 5. The van der Waals surface area contributed by atoms with Crippen molar-refractivity contribution in [2.45, 2.75) is 64.4 Å². The van der Waals surface area contributed by atoms with Crippen LogP contribution < -0.4 is 0 Å². The molecule has 0 aromatic heterocycles. The summed E-state index contributed by atoms with van der Waals surface area (Å²) >= 11 is 0. The van der Waals surface area contributed by atoms with Gasteiger partial charge in [0.25, 0.3) is 0 Å². The third-order valence-electron chi connectivity index (χ3n) is 9.23. The molecule has 25 heavy (non-hydrogen) atoms. The van der Waals surface area contributed by atoms with Gasteiger partial charge in [0.05, 0.1) is 17.6 Å². The molecule has 138 valence electrons. The van der Waals surface area contributed by atoms with E-state index in [-0.39, 0.29) is 29.6 Å². The van der Waals surface area contributed by atoms with Gasteiger partial charge in [-0.1, -0.05) is 13.5 Å². The van der Waals surface area contributed by atoms with Gasteiger partial charge < -0.3 is 20.1 Å². The lowest BCUT2D eigenvalue weighted by Gasteiger charge is -2.53. The lowest BCUT2D eigenvalue weighted by atomic mass is 9.49. The molecule has 0 aromatic rings. The van der Waals surface area contributed by atoms with E-state index in [0.29, 0.717) is 6.42 Å². The van der Waals surface area contributed by atoms with Gasteiger partial charge >= 0.3 is 5.97 Å². The summed E-state index contributed by atoms with van der Waals surface area (Å²) in [5, 5.41) is 33.1. The Morgan fingerprint density at radius 2 is 1.88 bits per heavy atom. The van der Waals surface area contributed by atoms with Crippen molar-refractivity contribution in [3.05, 3.63) is 12.2 Å². The van der Waals surface area contributed by atoms with Crippen molar-refractivity contribution in [3.63, 3.8) is 0 Å². The lowest BCUT2D eigenvalue weighted by molar-refractivity contribution is -0.163. The SMILES string of the molecule is C=C1[C@@H]2CCC3C4(C)C(CCC5(C)C(=O)O[C@H](O)C54)C(O)[C@]3(C2)[C@H]1O. The standard InChI is InChI=1S/C20H28O5/c1-9-10-4-5-12-19(3)11(15(22)20(12,8-10)14(9)21)6-7-18(2)13(19)16(23)25-17(18)24/h10-16,21-23H,1,4-8H2,2-3H3/t10-,11?,12?,13?,14+,15?,16+,18?,19?,20+/m1/s1. The molecule has 0 radical (unpaired) electrons. The second-order valence-electron chi connectivity index (χ2n) is 9.77. The van der Waals surface area contributed by atoms with Crippen LogP contribution in [-0.4, -0.2) is 39.8 Å². The van der Waals surface area contributed by atoms with E-state index in [4.69, 9.17) is 4.74 Å². The van der Waals surface area contributed by atoms with Crippen molar-refractivity contribution in [1.29, 1.82) is 0 Å². The fourth-order valence-corrected chi connectivity index (χ4v) is 8.22. The summed E-state index contributed by atoms with van der Waals surface area (Å²) in [4.78, 5) is 12.5. The molecule has 5 nitrogen and oxygen atoms in total. The number of ether oxygens (including phenoxy) is 1. The van der Waals surface area contributed by atoms with Crippen molar-refractivity contribution in [2.75, 3.05) is 0 Å². The van der Waals surface area contributed by atoms with Crippen molar-refractivity contribution in [1.82, 2.24) is 0 Å². The van der Waals surface area contributed by atoms with E-state index in [1.807, 2.05) is 6.92 Å². The molecule has 2 bridgehead atoms. The molecule has 5 aliphatic rings. The maximum Gasteiger partial charge on any atom is 0.314 e. The summed E-state index contributed by atoms with van der Waals surface area (Å²) < 4.78 is 5.28. The lowest BCUT2D eigenvalue weighted by Crippen LogP contribution is -2.53. The first-order chi connectivity index (χ1) is 11.7. The molecule has 1 aliphatic heterocycles. The first kappa shape index (κ1) is 16.3. The van der Waals surface area contributed by atoms with Crippen LogP contribution in [0.25, 0.3) is 0 Å². The predicted molar refractivity (Wildman–Crippen MR) is 88.9 cm³/mol. The maximum atomic E-state index is 12.5. The zero-order chi connectivity index (χ0) is 17.9. The minimum absolute atomic E-state index is 0.0287. The quantitative estimate of drug-likeness (QED) is 0.457. The van der Waals surface area contributed by atoms with E-state index in [0.717, 1.165) is 31.3 Å². The summed E-state index contributed by atoms with van der Waals surface area (Å²) in [5.41, 5.74) is -0.830. The molecule has 5 heteroatoms. The minimum atomic E-state index is -1.12. The Kier molecular flexibility index (Phi) is 2.92. The molecule has 1 saturated heterocycles. The van der Waals surface area contributed by atoms with Gasteiger partial charge in [-0.25, -0.2) is 0 Å². The number of aliphatic hydroxyl groups excluding tert-OH is 3. The average molecular weight is 348 g/mol. The van der Waals surface area contributed by atoms with Gasteiger partial charge in [-0.05, 0) is 67.8 Å². The van der Waals surface area contributed by atoms with Gasteiger partial charge in [0.15, 0.2) is 0 Å². The fourth-order valence-electron chi connectivity index (χ4n) is 8.22. The number of carbonyl (C=O) groups excluding carboxylic acids is 1. The van der Waals surface area contributed by atoms with E-state index in [9.17, 15) is 20.1 Å². The van der Waals surface area contributed by atoms with E-state index in [1.165, 1.54) is 0 Å². The van der Waals surface area contributed by atoms with Crippen LogP contribution in [0, 0.1) is 39.9 Å². The van der Waals surface area contributed by atoms with E-state index < -0.39 is 34.7 Å². The van der Waals surface area contributed by atoms with Crippen molar-refractivity contribution < 1.29 is 24.9 Å². The summed E-state index contributed by atoms with van der Waals surface area (Å²) in [6.07, 6.45) is 1.56.